The van der Waals surface area contributed by atoms with Gasteiger partial charge in [-0.3, -0.25) is 0 Å². The zero-order valence-electron chi connectivity index (χ0n) is 6.56. The van der Waals surface area contributed by atoms with Crippen molar-refractivity contribution in [1.29, 1.82) is 5.26 Å². The van der Waals surface area contributed by atoms with E-state index in [0.717, 1.165) is 0 Å². The molecule has 0 spiro atoms. The van der Waals surface area contributed by atoms with Crippen molar-refractivity contribution in [1.82, 2.24) is 0 Å². The summed E-state index contributed by atoms with van der Waals surface area (Å²) in [6.07, 6.45) is 5.12. The van der Waals surface area contributed by atoms with E-state index in [4.69, 9.17) is 11.7 Å². The average molecular weight is 159 g/mol. The number of halogens is 1. The summed E-state index contributed by atoms with van der Waals surface area (Å²) in [6.45, 7) is 1.54. The lowest BCUT2D eigenvalue weighted by Gasteiger charge is -2.00. The van der Waals surface area contributed by atoms with E-state index in [1.807, 2.05) is 6.07 Å². The van der Waals surface area contributed by atoms with Gasteiger partial charge >= 0.3 is 0 Å². The summed E-state index contributed by atoms with van der Waals surface area (Å²) in [7, 11) is 0. The van der Waals surface area contributed by atoms with E-state index in [1.54, 1.807) is 0 Å². The Morgan fingerprint density at radius 1 is 1.50 bits per heavy atom. The van der Waals surface area contributed by atoms with Crippen LogP contribution in [0, 0.1) is 36.4 Å². The summed E-state index contributed by atoms with van der Waals surface area (Å²) in [5.74, 6) is 1.93. The maximum absolute atomic E-state index is 12.9. The standard InChI is InChI=1S/C10H6FN/c1-3-8-4-5-10(11)7(2)9(8)6-12/h1,4-5H,2H3. The van der Waals surface area contributed by atoms with Gasteiger partial charge in [0.25, 0.3) is 0 Å². The molecule has 0 aliphatic rings. The van der Waals surface area contributed by atoms with Crippen molar-refractivity contribution >= 4 is 0 Å². The summed E-state index contributed by atoms with van der Waals surface area (Å²) in [5.41, 5.74) is 1.00. The second-order valence-corrected chi connectivity index (χ2v) is 2.35. The molecule has 0 N–H and O–H groups in total. The minimum Gasteiger partial charge on any atom is -0.207 e. The van der Waals surface area contributed by atoms with Gasteiger partial charge in [-0.05, 0) is 19.1 Å². The van der Waals surface area contributed by atoms with Crippen LogP contribution in [0.25, 0.3) is 0 Å². The highest BCUT2D eigenvalue weighted by atomic mass is 19.1. The molecule has 0 amide bonds. The highest BCUT2D eigenvalue weighted by Crippen LogP contribution is 2.15. The van der Waals surface area contributed by atoms with Gasteiger partial charge in [0.15, 0.2) is 0 Å². The number of rotatable bonds is 0. The zero-order chi connectivity index (χ0) is 9.14. The van der Waals surface area contributed by atoms with Crippen molar-refractivity contribution in [3.63, 3.8) is 0 Å². The first-order valence-electron chi connectivity index (χ1n) is 3.36. The maximum Gasteiger partial charge on any atom is 0.127 e. The molecule has 2 heteroatoms. The van der Waals surface area contributed by atoms with E-state index < -0.39 is 5.82 Å². The van der Waals surface area contributed by atoms with Crippen LogP contribution in [0.4, 0.5) is 4.39 Å². The summed E-state index contributed by atoms with van der Waals surface area (Å²) in [5, 5.41) is 8.64. The lowest BCUT2D eigenvalue weighted by molar-refractivity contribution is 0.617. The van der Waals surface area contributed by atoms with E-state index >= 15 is 0 Å². The Balaban J connectivity index is 3.52. The molecule has 0 radical (unpaired) electrons. The van der Waals surface area contributed by atoms with E-state index in [1.165, 1.54) is 19.1 Å². The molecule has 0 heterocycles. The molecule has 0 aliphatic heterocycles. The third-order valence-corrected chi connectivity index (χ3v) is 1.67. The summed E-state index contributed by atoms with van der Waals surface area (Å²) >= 11 is 0. The predicted molar refractivity (Wildman–Crippen MR) is 43.8 cm³/mol. The number of nitriles is 1. The Morgan fingerprint density at radius 3 is 2.67 bits per heavy atom. The first kappa shape index (κ1) is 8.30. The molecule has 0 saturated carbocycles. The van der Waals surface area contributed by atoms with Gasteiger partial charge in [0, 0.05) is 11.1 Å². The number of benzene rings is 1. The van der Waals surface area contributed by atoms with E-state index in [2.05, 4.69) is 5.92 Å². The van der Waals surface area contributed by atoms with E-state index in [9.17, 15) is 4.39 Å². The van der Waals surface area contributed by atoms with Crippen LogP contribution >= 0.6 is 0 Å². The first-order valence-corrected chi connectivity index (χ1v) is 3.36. The van der Waals surface area contributed by atoms with Crippen LogP contribution in [0.3, 0.4) is 0 Å². The predicted octanol–water partition coefficient (Wildman–Crippen LogP) is 1.99. The minimum atomic E-state index is -0.398. The first-order chi connectivity index (χ1) is 5.70. The fraction of sp³-hybridized carbons (Fsp3) is 0.100. The van der Waals surface area contributed by atoms with Gasteiger partial charge in [-0.1, -0.05) is 5.92 Å². The fourth-order valence-corrected chi connectivity index (χ4v) is 0.951. The van der Waals surface area contributed by atoms with Crippen LogP contribution in [0.15, 0.2) is 12.1 Å². The van der Waals surface area contributed by atoms with Crippen molar-refractivity contribution in [3.05, 3.63) is 34.6 Å². The molecule has 0 aliphatic carbocycles. The topological polar surface area (TPSA) is 23.8 Å². The Morgan fingerprint density at radius 2 is 2.17 bits per heavy atom. The van der Waals surface area contributed by atoms with Gasteiger partial charge in [0.05, 0.1) is 5.56 Å². The van der Waals surface area contributed by atoms with Crippen LogP contribution < -0.4 is 0 Å². The van der Waals surface area contributed by atoms with Gasteiger partial charge in [0.1, 0.15) is 11.9 Å². The van der Waals surface area contributed by atoms with Crippen LogP contribution in [0.5, 0.6) is 0 Å². The summed E-state index contributed by atoms with van der Waals surface area (Å²) in [4.78, 5) is 0. The highest BCUT2D eigenvalue weighted by Gasteiger charge is 2.06. The smallest absolute Gasteiger partial charge is 0.127 e. The van der Waals surface area contributed by atoms with Gasteiger partial charge in [0.2, 0.25) is 0 Å². The largest absolute Gasteiger partial charge is 0.207 e. The van der Waals surface area contributed by atoms with Crippen molar-refractivity contribution < 1.29 is 4.39 Å². The lowest BCUT2D eigenvalue weighted by Crippen LogP contribution is -1.92. The van der Waals surface area contributed by atoms with Crippen molar-refractivity contribution in [3.8, 4) is 18.4 Å². The van der Waals surface area contributed by atoms with Gasteiger partial charge in [-0.2, -0.15) is 5.26 Å². The number of hydrogen-bond donors (Lipinski definition) is 0. The molecule has 0 atom stereocenters. The molecule has 0 saturated heterocycles. The van der Waals surface area contributed by atoms with Gasteiger partial charge in [-0.25, -0.2) is 4.39 Å². The number of nitrogens with zero attached hydrogens (tertiary/aromatic N) is 1. The molecule has 1 nitrogen and oxygen atoms in total. The SMILES string of the molecule is C#Cc1ccc(F)c(C)c1C#N. The number of hydrogen-bond acceptors (Lipinski definition) is 1. The molecule has 1 aromatic rings. The molecular weight excluding hydrogens is 153 g/mol. The third-order valence-electron chi connectivity index (χ3n) is 1.67. The van der Waals surface area contributed by atoms with Crippen LogP contribution in [0.1, 0.15) is 16.7 Å². The monoisotopic (exact) mass is 159 g/mol. The normalized spacial score (nSPS) is 8.67. The molecule has 1 rings (SSSR count). The molecule has 1 aromatic carbocycles. The van der Waals surface area contributed by atoms with E-state index in [0.29, 0.717) is 11.1 Å². The molecule has 0 fully saturated rings. The molecule has 0 aromatic heterocycles. The summed E-state index contributed by atoms with van der Waals surface area (Å²) < 4.78 is 12.9. The van der Waals surface area contributed by atoms with E-state index in [-0.39, 0.29) is 5.56 Å². The second-order valence-electron chi connectivity index (χ2n) is 2.35. The molecule has 58 valence electrons. The van der Waals surface area contributed by atoms with Gasteiger partial charge in [-0.15, -0.1) is 6.42 Å². The minimum absolute atomic E-state index is 0.248. The Hall–Kier alpha value is -1.80. The van der Waals surface area contributed by atoms with Crippen molar-refractivity contribution in [2.24, 2.45) is 0 Å². The second kappa shape index (κ2) is 3.07. The summed E-state index contributed by atoms with van der Waals surface area (Å²) in [6, 6.07) is 4.57. The highest BCUT2D eigenvalue weighted by molar-refractivity contribution is 5.51. The van der Waals surface area contributed by atoms with Crippen LogP contribution in [0.2, 0.25) is 0 Å². The zero-order valence-corrected chi connectivity index (χ0v) is 6.56. The third kappa shape index (κ3) is 1.15. The Kier molecular flexibility index (Phi) is 2.12. The lowest BCUT2D eigenvalue weighted by atomic mass is 10.0. The van der Waals surface area contributed by atoms with Crippen LogP contribution in [-0.2, 0) is 0 Å². The van der Waals surface area contributed by atoms with Crippen molar-refractivity contribution in [2.75, 3.05) is 0 Å². The Bertz CT molecular complexity index is 394. The maximum atomic E-state index is 12.9. The number of terminal acetylenes is 1. The van der Waals surface area contributed by atoms with Crippen LogP contribution in [-0.4, -0.2) is 0 Å². The average Bonchev–Trinajstić information content (AvgIpc) is 2.09. The molecule has 12 heavy (non-hydrogen) atoms. The van der Waals surface area contributed by atoms with Gasteiger partial charge < -0.3 is 0 Å². The molecule has 0 bridgehead atoms. The fourth-order valence-electron chi connectivity index (χ4n) is 0.951. The molecule has 0 unspecified atom stereocenters. The van der Waals surface area contributed by atoms with Crippen molar-refractivity contribution in [2.45, 2.75) is 6.92 Å². The molecular formula is C10H6FN. The quantitative estimate of drug-likeness (QED) is 0.531. The Labute approximate surface area is 70.4 Å².